The molecule has 0 aliphatic heterocycles. The van der Waals surface area contributed by atoms with Gasteiger partial charge in [-0.25, -0.2) is 4.98 Å². The number of para-hydroxylation sites is 1. The highest BCUT2D eigenvalue weighted by atomic mass is 19.4. The third-order valence-corrected chi connectivity index (χ3v) is 5.02. The van der Waals surface area contributed by atoms with Crippen molar-refractivity contribution in [2.45, 2.75) is 20.0 Å². The summed E-state index contributed by atoms with van der Waals surface area (Å²) in [5, 5.41) is 0.510. The van der Waals surface area contributed by atoms with E-state index in [0.29, 0.717) is 17.5 Å². The van der Waals surface area contributed by atoms with Gasteiger partial charge in [-0.05, 0) is 55.3 Å². The molecule has 0 saturated carbocycles. The van der Waals surface area contributed by atoms with Crippen molar-refractivity contribution in [3.8, 4) is 28.1 Å². The third-order valence-electron chi connectivity index (χ3n) is 5.02. The Kier molecular flexibility index (Phi) is 5.20. The summed E-state index contributed by atoms with van der Waals surface area (Å²) in [6.45, 7) is 4.34. The molecule has 0 fully saturated rings. The minimum Gasteiger partial charge on any atom is -0.493 e. The molecular formula is C25H20F3NO. The first-order valence-corrected chi connectivity index (χ1v) is 9.68. The lowest BCUT2D eigenvalue weighted by Crippen LogP contribution is -2.04. The topological polar surface area (TPSA) is 22.1 Å². The Morgan fingerprint density at radius 1 is 0.867 bits per heavy atom. The summed E-state index contributed by atoms with van der Waals surface area (Å²) in [5.41, 5.74) is 4.30. The summed E-state index contributed by atoms with van der Waals surface area (Å²) in [5.74, 6) is 0.827. The molecule has 4 rings (SSSR count). The maximum atomic E-state index is 13.0. The summed E-state index contributed by atoms with van der Waals surface area (Å²) in [4.78, 5) is 4.59. The molecule has 0 atom stereocenters. The first kappa shape index (κ1) is 20.0. The number of ether oxygens (including phenoxy) is 1. The Hall–Kier alpha value is -3.34. The number of pyridine rings is 1. The Morgan fingerprint density at radius 3 is 2.27 bits per heavy atom. The quantitative estimate of drug-likeness (QED) is 0.354. The van der Waals surface area contributed by atoms with Crippen LogP contribution in [0.4, 0.5) is 13.2 Å². The van der Waals surface area contributed by atoms with Gasteiger partial charge in [0.1, 0.15) is 5.75 Å². The molecule has 1 heterocycles. The van der Waals surface area contributed by atoms with Crippen LogP contribution in [-0.2, 0) is 6.18 Å². The highest BCUT2D eigenvalue weighted by molar-refractivity contribution is 5.86. The van der Waals surface area contributed by atoms with Crippen LogP contribution in [0.2, 0.25) is 0 Å². The summed E-state index contributed by atoms with van der Waals surface area (Å²) < 4.78 is 44.8. The van der Waals surface area contributed by atoms with Gasteiger partial charge in [0.2, 0.25) is 0 Å². The number of nitrogens with zero attached hydrogens (tertiary/aromatic N) is 1. The number of fused-ring (bicyclic) bond motifs is 1. The summed E-state index contributed by atoms with van der Waals surface area (Å²) in [7, 11) is 0. The van der Waals surface area contributed by atoms with E-state index in [1.54, 1.807) is 6.92 Å². The van der Waals surface area contributed by atoms with Crippen molar-refractivity contribution in [3.05, 3.63) is 83.9 Å². The number of halogens is 3. The number of aromatic nitrogens is 1. The van der Waals surface area contributed by atoms with Gasteiger partial charge in [-0.1, -0.05) is 42.5 Å². The monoisotopic (exact) mass is 407 g/mol. The molecule has 0 saturated heterocycles. The van der Waals surface area contributed by atoms with E-state index in [0.717, 1.165) is 45.8 Å². The standard InChI is InChI=1S/C25H20F3NO/c1-3-30-24-7-5-4-6-20(24)17-8-10-18(11-9-17)23-14-16(2)21-15-19(25(26,27)28)12-13-22(21)29-23/h4-15H,3H2,1-2H3. The summed E-state index contributed by atoms with van der Waals surface area (Å²) >= 11 is 0. The molecular weight excluding hydrogens is 387 g/mol. The Labute approximate surface area is 173 Å². The second-order valence-corrected chi connectivity index (χ2v) is 7.06. The van der Waals surface area contributed by atoms with Crippen molar-refractivity contribution in [2.75, 3.05) is 6.61 Å². The molecule has 152 valence electrons. The lowest BCUT2D eigenvalue weighted by atomic mass is 10.00. The fourth-order valence-corrected chi connectivity index (χ4v) is 3.53. The molecule has 2 nitrogen and oxygen atoms in total. The lowest BCUT2D eigenvalue weighted by molar-refractivity contribution is -0.137. The van der Waals surface area contributed by atoms with Gasteiger partial charge in [-0.3, -0.25) is 0 Å². The first-order chi connectivity index (χ1) is 14.4. The summed E-state index contributed by atoms with van der Waals surface area (Å²) in [6.07, 6.45) is -4.37. The molecule has 30 heavy (non-hydrogen) atoms. The lowest BCUT2D eigenvalue weighted by Gasteiger charge is -2.12. The third kappa shape index (κ3) is 3.88. The van der Waals surface area contributed by atoms with Gasteiger partial charge in [0.05, 0.1) is 23.4 Å². The number of benzene rings is 3. The molecule has 0 amide bonds. The van der Waals surface area contributed by atoms with Gasteiger partial charge in [-0.15, -0.1) is 0 Å². The van der Waals surface area contributed by atoms with Gasteiger partial charge in [0.15, 0.2) is 0 Å². The van der Waals surface area contributed by atoms with Crippen molar-refractivity contribution in [1.29, 1.82) is 0 Å². The Balaban J connectivity index is 1.71. The highest BCUT2D eigenvalue weighted by Gasteiger charge is 2.30. The van der Waals surface area contributed by atoms with Crippen LogP contribution in [0.25, 0.3) is 33.3 Å². The van der Waals surface area contributed by atoms with Gasteiger partial charge in [0, 0.05) is 16.5 Å². The highest BCUT2D eigenvalue weighted by Crippen LogP contribution is 2.34. The fourth-order valence-electron chi connectivity index (χ4n) is 3.53. The normalized spacial score (nSPS) is 11.6. The van der Waals surface area contributed by atoms with E-state index in [9.17, 15) is 13.2 Å². The predicted octanol–water partition coefficient (Wildman–Crippen LogP) is 7.29. The number of alkyl halides is 3. The van der Waals surface area contributed by atoms with Crippen LogP contribution in [-0.4, -0.2) is 11.6 Å². The van der Waals surface area contributed by atoms with Crippen LogP contribution in [0.5, 0.6) is 5.75 Å². The van der Waals surface area contributed by atoms with E-state index in [2.05, 4.69) is 4.98 Å². The van der Waals surface area contributed by atoms with E-state index in [1.165, 1.54) is 6.07 Å². The molecule has 0 aliphatic rings. The Bertz CT molecular complexity index is 1200. The molecule has 0 N–H and O–H groups in total. The average molecular weight is 407 g/mol. The zero-order chi connectivity index (χ0) is 21.3. The van der Waals surface area contributed by atoms with Crippen molar-refractivity contribution in [3.63, 3.8) is 0 Å². The number of rotatable bonds is 4. The minimum absolute atomic E-state index is 0.510. The molecule has 4 aromatic rings. The van der Waals surface area contributed by atoms with E-state index in [-0.39, 0.29) is 0 Å². The minimum atomic E-state index is -4.37. The van der Waals surface area contributed by atoms with Crippen LogP contribution in [0.1, 0.15) is 18.1 Å². The van der Waals surface area contributed by atoms with E-state index >= 15 is 0 Å². The predicted molar refractivity (Wildman–Crippen MR) is 114 cm³/mol. The van der Waals surface area contributed by atoms with Crippen molar-refractivity contribution < 1.29 is 17.9 Å². The molecule has 0 bridgehead atoms. The van der Waals surface area contributed by atoms with Crippen LogP contribution in [0.3, 0.4) is 0 Å². The number of aryl methyl sites for hydroxylation is 1. The van der Waals surface area contributed by atoms with Crippen molar-refractivity contribution in [1.82, 2.24) is 4.98 Å². The molecule has 5 heteroatoms. The number of hydrogen-bond donors (Lipinski definition) is 0. The van der Waals surface area contributed by atoms with Crippen LogP contribution in [0, 0.1) is 6.92 Å². The van der Waals surface area contributed by atoms with Gasteiger partial charge >= 0.3 is 6.18 Å². The fraction of sp³-hybridized carbons (Fsp3) is 0.160. The van der Waals surface area contributed by atoms with Crippen LogP contribution < -0.4 is 4.74 Å². The van der Waals surface area contributed by atoms with Gasteiger partial charge in [0.25, 0.3) is 0 Å². The zero-order valence-corrected chi connectivity index (χ0v) is 16.6. The molecule has 0 spiro atoms. The molecule has 3 aromatic carbocycles. The Morgan fingerprint density at radius 2 is 1.57 bits per heavy atom. The smallest absolute Gasteiger partial charge is 0.416 e. The largest absolute Gasteiger partial charge is 0.493 e. The number of hydrogen-bond acceptors (Lipinski definition) is 2. The maximum absolute atomic E-state index is 13.0. The second kappa shape index (κ2) is 7.82. The van der Waals surface area contributed by atoms with E-state index < -0.39 is 11.7 Å². The molecule has 1 aromatic heterocycles. The zero-order valence-electron chi connectivity index (χ0n) is 16.6. The second-order valence-electron chi connectivity index (χ2n) is 7.06. The van der Waals surface area contributed by atoms with Gasteiger partial charge in [-0.2, -0.15) is 13.2 Å². The maximum Gasteiger partial charge on any atom is 0.416 e. The molecule has 0 radical (unpaired) electrons. The summed E-state index contributed by atoms with van der Waals surface area (Å²) in [6, 6.07) is 21.3. The molecule has 0 aliphatic carbocycles. The van der Waals surface area contributed by atoms with Crippen molar-refractivity contribution >= 4 is 10.9 Å². The average Bonchev–Trinajstić information content (AvgIpc) is 2.73. The van der Waals surface area contributed by atoms with Crippen LogP contribution >= 0.6 is 0 Å². The van der Waals surface area contributed by atoms with Crippen LogP contribution in [0.15, 0.2) is 72.8 Å². The SMILES string of the molecule is CCOc1ccccc1-c1ccc(-c2cc(C)c3cc(C(F)(F)F)ccc3n2)cc1. The van der Waals surface area contributed by atoms with Gasteiger partial charge < -0.3 is 4.74 Å². The first-order valence-electron chi connectivity index (χ1n) is 9.68. The molecule has 0 unspecified atom stereocenters. The van der Waals surface area contributed by atoms with E-state index in [1.807, 2.05) is 61.5 Å². The van der Waals surface area contributed by atoms with E-state index in [4.69, 9.17) is 4.74 Å². The van der Waals surface area contributed by atoms with Crippen molar-refractivity contribution in [2.24, 2.45) is 0 Å².